The van der Waals surface area contributed by atoms with Gasteiger partial charge < -0.3 is 4.18 Å². The second kappa shape index (κ2) is 9.65. The van der Waals surface area contributed by atoms with Gasteiger partial charge in [-0.25, -0.2) is 9.69 Å². The standard InChI is InChI=1S/C24H16BrClN2O6S/c1-14-6-9-16(10-7-14)35(32,33)34-21-11-8-15(13-18(21)25)12-17-22(29)27-24(31)28(23(17)30)20-5-3-2-4-19(20)26/h2-13H,1H3,(H,27,29,31)/b17-12+. The van der Waals surface area contributed by atoms with E-state index < -0.39 is 28.0 Å². The average molecular weight is 576 g/mol. The first-order valence-electron chi connectivity index (χ1n) is 10.0. The van der Waals surface area contributed by atoms with Crippen molar-refractivity contribution in [3.63, 3.8) is 0 Å². The minimum atomic E-state index is -4.08. The van der Waals surface area contributed by atoms with Crippen LogP contribution in [-0.2, 0) is 19.7 Å². The number of imide groups is 2. The van der Waals surface area contributed by atoms with Crippen molar-refractivity contribution in [2.24, 2.45) is 0 Å². The summed E-state index contributed by atoms with van der Waals surface area (Å²) in [7, 11) is -4.08. The molecule has 4 amide bonds. The van der Waals surface area contributed by atoms with Crippen molar-refractivity contribution >= 4 is 67.3 Å². The number of halogens is 2. The normalized spacial score (nSPS) is 15.3. The summed E-state index contributed by atoms with van der Waals surface area (Å²) in [5, 5.41) is 2.28. The highest BCUT2D eigenvalue weighted by atomic mass is 79.9. The number of aryl methyl sites for hydroxylation is 1. The highest BCUT2D eigenvalue weighted by Gasteiger charge is 2.37. The van der Waals surface area contributed by atoms with Crippen LogP contribution in [0.2, 0.25) is 5.02 Å². The minimum Gasteiger partial charge on any atom is -0.378 e. The van der Waals surface area contributed by atoms with E-state index in [0.29, 0.717) is 5.56 Å². The molecule has 8 nitrogen and oxygen atoms in total. The number of carbonyl (C=O) groups is 3. The van der Waals surface area contributed by atoms with Gasteiger partial charge in [0.15, 0.2) is 5.75 Å². The third-order valence-electron chi connectivity index (χ3n) is 4.97. The van der Waals surface area contributed by atoms with Crippen LogP contribution in [0.25, 0.3) is 6.08 Å². The largest absolute Gasteiger partial charge is 0.378 e. The molecule has 35 heavy (non-hydrogen) atoms. The van der Waals surface area contributed by atoms with Crippen molar-refractivity contribution in [2.45, 2.75) is 11.8 Å². The fourth-order valence-corrected chi connectivity index (χ4v) is 4.97. The molecule has 0 aliphatic carbocycles. The van der Waals surface area contributed by atoms with Crippen LogP contribution in [-0.4, -0.2) is 26.3 Å². The zero-order chi connectivity index (χ0) is 25.3. The van der Waals surface area contributed by atoms with Crippen LogP contribution in [0.3, 0.4) is 0 Å². The van der Waals surface area contributed by atoms with Crippen LogP contribution in [0.4, 0.5) is 10.5 Å². The van der Waals surface area contributed by atoms with Crippen molar-refractivity contribution in [2.75, 3.05) is 4.90 Å². The number of para-hydroxylation sites is 1. The number of barbiturate groups is 1. The third-order valence-corrected chi connectivity index (χ3v) is 7.16. The molecule has 0 radical (unpaired) electrons. The molecule has 0 bridgehead atoms. The molecule has 1 fully saturated rings. The number of rotatable bonds is 5. The number of nitrogens with one attached hydrogen (secondary N) is 1. The van der Waals surface area contributed by atoms with Crippen molar-refractivity contribution in [3.05, 3.63) is 92.9 Å². The first kappa shape index (κ1) is 24.6. The van der Waals surface area contributed by atoms with E-state index in [-0.39, 0.29) is 31.4 Å². The topological polar surface area (TPSA) is 110 Å². The first-order valence-corrected chi connectivity index (χ1v) is 12.6. The van der Waals surface area contributed by atoms with Gasteiger partial charge in [-0.1, -0.05) is 47.5 Å². The molecule has 1 aliphatic rings. The molecule has 3 aromatic carbocycles. The number of nitrogens with zero attached hydrogens (tertiary/aromatic N) is 1. The molecule has 11 heteroatoms. The molecule has 0 aromatic heterocycles. The lowest BCUT2D eigenvalue weighted by molar-refractivity contribution is -0.122. The molecule has 3 aromatic rings. The number of anilines is 1. The van der Waals surface area contributed by atoms with E-state index in [1.54, 1.807) is 24.3 Å². The predicted molar refractivity (Wildman–Crippen MR) is 134 cm³/mol. The van der Waals surface area contributed by atoms with Gasteiger partial charge in [-0.15, -0.1) is 0 Å². The molecule has 1 saturated heterocycles. The summed E-state index contributed by atoms with van der Waals surface area (Å²) in [6.45, 7) is 1.84. The van der Waals surface area contributed by atoms with E-state index in [1.165, 1.54) is 48.5 Å². The van der Waals surface area contributed by atoms with Gasteiger partial charge in [0, 0.05) is 0 Å². The van der Waals surface area contributed by atoms with Gasteiger partial charge in [-0.05, 0) is 70.9 Å². The molecular formula is C24H16BrClN2O6S. The Morgan fingerprint density at radius 2 is 1.69 bits per heavy atom. The van der Waals surface area contributed by atoms with E-state index >= 15 is 0 Å². The number of urea groups is 1. The smallest absolute Gasteiger partial charge is 0.339 e. The van der Waals surface area contributed by atoms with Crippen molar-refractivity contribution in [1.82, 2.24) is 5.32 Å². The highest BCUT2D eigenvalue weighted by Crippen LogP contribution is 2.31. The van der Waals surface area contributed by atoms with Gasteiger partial charge in [0.25, 0.3) is 11.8 Å². The van der Waals surface area contributed by atoms with Gasteiger partial charge in [-0.2, -0.15) is 8.42 Å². The maximum atomic E-state index is 13.0. The molecule has 0 saturated carbocycles. The summed E-state index contributed by atoms with van der Waals surface area (Å²) >= 11 is 9.39. The van der Waals surface area contributed by atoms with E-state index in [4.69, 9.17) is 15.8 Å². The number of amides is 4. The predicted octanol–water partition coefficient (Wildman–Crippen LogP) is 4.85. The number of benzene rings is 3. The maximum Gasteiger partial charge on any atom is 0.339 e. The van der Waals surface area contributed by atoms with E-state index in [0.717, 1.165) is 10.5 Å². The van der Waals surface area contributed by atoms with Gasteiger partial charge >= 0.3 is 16.1 Å². The van der Waals surface area contributed by atoms with Gasteiger partial charge in [0.1, 0.15) is 10.5 Å². The molecule has 178 valence electrons. The van der Waals surface area contributed by atoms with Crippen molar-refractivity contribution in [1.29, 1.82) is 0 Å². The molecule has 0 atom stereocenters. The van der Waals surface area contributed by atoms with Gasteiger partial charge in [0.05, 0.1) is 15.2 Å². The SMILES string of the molecule is Cc1ccc(S(=O)(=O)Oc2ccc(/C=C3\C(=O)NC(=O)N(c4ccccc4Cl)C3=O)cc2Br)cc1. The first-order chi connectivity index (χ1) is 16.6. The Bertz CT molecular complexity index is 1500. The van der Waals surface area contributed by atoms with Crippen LogP contribution in [0.15, 0.2) is 81.7 Å². The van der Waals surface area contributed by atoms with E-state index in [1.807, 2.05) is 6.92 Å². The molecule has 0 spiro atoms. The molecule has 1 aliphatic heterocycles. The second-order valence-electron chi connectivity index (χ2n) is 7.45. The van der Waals surface area contributed by atoms with Crippen LogP contribution in [0.1, 0.15) is 11.1 Å². The quantitative estimate of drug-likeness (QED) is 0.265. The lowest BCUT2D eigenvalue weighted by atomic mass is 10.1. The Morgan fingerprint density at radius 3 is 2.34 bits per heavy atom. The Hall–Kier alpha value is -3.47. The molecule has 0 unspecified atom stereocenters. The molecule has 1 N–H and O–H groups in total. The number of hydrogen-bond donors (Lipinski definition) is 1. The summed E-state index contributed by atoms with van der Waals surface area (Å²) < 4.78 is 30.7. The fraction of sp³-hybridized carbons (Fsp3) is 0.0417. The molecule has 4 rings (SSSR count). The fourth-order valence-electron chi connectivity index (χ4n) is 3.22. The number of carbonyl (C=O) groups excluding carboxylic acids is 3. The summed E-state index contributed by atoms with van der Waals surface area (Å²) in [6.07, 6.45) is 1.27. The summed E-state index contributed by atoms with van der Waals surface area (Å²) in [6, 6.07) is 15.8. The Balaban J connectivity index is 1.63. The Morgan fingerprint density at radius 1 is 1.00 bits per heavy atom. The van der Waals surface area contributed by atoms with Crippen LogP contribution in [0, 0.1) is 6.92 Å². The molecule has 1 heterocycles. The zero-order valence-electron chi connectivity index (χ0n) is 18.0. The highest BCUT2D eigenvalue weighted by molar-refractivity contribution is 9.10. The number of hydrogen-bond acceptors (Lipinski definition) is 6. The average Bonchev–Trinajstić information content (AvgIpc) is 2.80. The lowest BCUT2D eigenvalue weighted by Gasteiger charge is -2.27. The Kier molecular flexibility index (Phi) is 6.79. The zero-order valence-corrected chi connectivity index (χ0v) is 21.1. The third kappa shape index (κ3) is 5.14. The Labute approximate surface area is 214 Å². The van der Waals surface area contributed by atoms with Crippen molar-refractivity contribution < 1.29 is 27.0 Å². The van der Waals surface area contributed by atoms with Gasteiger partial charge in [0.2, 0.25) is 0 Å². The second-order valence-corrected chi connectivity index (χ2v) is 10.3. The summed E-state index contributed by atoms with van der Waals surface area (Å²) in [5.41, 5.74) is 1.10. The monoisotopic (exact) mass is 574 g/mol. The lowest BCUT2D eigenvalue weighted by Crippen LogP contribution is -2.54. The van der Waals surface area contributed by atoms with Crippen LogP contribution in [0.5, 0.6) is 5.75 Å². The van der Waals surface area contributed by atoms with E-state index in [9.17, 15) is 22.8 Å². The maximum absolute atomic E-state index is 13.0. The van der Waals surface area contributed by atoms with Crippen LogP contribution < -0.4 is 14.4 Å². The molecular weight excluding hydrogens is 560 g/mol. The van der Waals surface area contributed by atoms with Gasteiger partial charge in [-0.3, -0.25) is 14.9 Å². The summed E-state index contributed by atoms with van der Waals surface area (Å²) in [5.74, 6) is -1.72. The van der Waals surface area contributed by atoms with E-state index in [2.05, 4.69) is 21.2 Å². The van der Waals surface area contributed by atoms with Crippen LogP contribution >= 0.6 is 27.5 Å². The van der Waals surface area contributed by atoms with Crippen molar-refractivity contribution in [3.8, 4) is 5.75 Å². The summed E-state index contributed by atoms with van der Waals surface area (Å²) in [4.78, 5) is 38.5. The minimum absolute atomic E-state index is 0.00463.